The quantitative estimate of drug-likeness (QED) is 0.476. The lowest BCUT2D eigenvalue weighted by Gasteiger charge is -2.22. The van der Waals surface area contributed by atoms with Gasteiger partial charge in [-0.05, 0) is 35.9 Å². The van der Waals surface area contributed by atoms with Crippen LogP contribution in [0.1, 0.15) is 27.0 Å². The number of methoxy groups -OCH3 is 2. The first-order chi connectivity index (χ1) is 14.6. The Labute approximate surface area is 174 Å². The van der Waals surface area contributed by atoms with E-state index in [0.717, 1.165) is 5.56 Å². The van der Waals surface area contributed by atoms with Crippen molar-refractivity contribution in [1.82, 2.24) is 0 Å². The largest absolute Gasteiger partial charge is 0.493 e. The van der Waals surface area contributed by atoms with Gasteiger partial charge in [-0.1, -0.05) is 12.1 Å². The van der Waals surface area contributed by atoms with Crippen LogP contribution in [0.15, 0.2) is 66.7 Å². The zero-order valence-electron chi connectivity index (χ0n) is 16.7. The highest BCUT2D eigenvalue weighted by molar-refractivity contribution is 6.12. The Balaban J connectivity index is 1.56. The Morgan fingerprint density at radius 2 is 1.83 bits per heavy atom. The molecule has 5 nitrogen and oxygen atoms in total. The lowest BCUT2D eigenvalue weighted by atomic mass is 9.98. The van der Waals surface area contributed by atoms with Crippen LogP contribution in [0.5, 0.6) is 11.5 Å². The first-order valence-electron chi connectivity index (χ1n) is 9.46. The highest BCUT2D eigenvalue weighted by atomic mass is 19.1. The van der Waals surface area contributed by atoms with Crippen molar-refractivity contribution in [2.75, 3.05) is 14.2 Å². The van der Waals surface area contributed by atoms with Crippen molar-refractivity contribution in [2.45, 2.75) is 13.2 Å². The molecule has 1 aromatic heterocycles. The molecular formula is C24H21FNO4+. The molecule has 0 saturated heterocycles. The summed E-state index contributed by atoms with van der Waals surface area (Å²) >= 11 is 0. The molecule has 6 heteroatoms. The molecule has 0 amide bonds. The van der Waals surface area contributed by atoms with Crippen LogP contribution in [0.2, 0.25) is 0 Å². The van der Waals surface area contributed by atoms with E-state index in [1.54, 1.807) is 37.5 Å². The number of carbonyl (C=O) groups excluding carboxylic acids is 1. The molecule has 2 aromatic carbocycles. The molecule has 4 rings (SSSR count). The number of ketones is 1. The fraction of sp³-hybridized carbons (Fsp3) is 0.167. The number of fused-ring (bicyclic) bond motifs is 1. The molecule has 0 saturated carbocycles. The van der Waals surface area contributed by atoms with E-state index < -0.39 is 0 Å². The second kappa shape index (κ2) is 8.37. The Morgan fingerprint density at radius 3 is 2.53 bits per heavy atom. The average molecular weight is 406 g/mol. The number of halogens is 1. The lowest BCUT2D eigenvalue weighted by Crippen LogP contribution is -2.33. The number of rotatable bonds is 5. The van der Waals surface area contributed by atoms with Gasteiger partial charge in [0.25, 0.3) is 0 Å². The molecular weight excluding hydrogens is 385 g/mol. The van der Waals surface area contributed by atoms with E-state index in [0.29, 0.717) is 34.7 Å². The van der Waals surface area contributed by atoms with Crippen molar-refractivity contribution in [1.29, 1.82) is 0 Å². The Morgan fingerprint density at radius 1 is 1.07 bits per heavy atom. The van der Waals surface area contributed by atoms with Crippen molar-refractivity contribution >= 4 is 11.9 Å². The smallest absolute Gasteiger partial charge is 0.228 e. The van der Waals surface area contributed by atoms with Crippen LogP contribution in [0, 0.1) is 5.82 Å². The van der Waals surface area contributed by atoms with Crippen LogP contribution < -0.4 is 14.0 Å². The summed E-state index contributed by atoms with van der Waals surface area (Å²) < 4.78 is 32.1. The number of allylic oxidation sites excluding steroid dienone is 1. The summed E-state index contributed by atoms with van der Waals surface area (Å²) in [5.74, 6) is 0.892. The summed E-state index contributed by atoms with van der Waals surface area (Å²) in [7, 11) is 3.09. The SMILES string of the molecule is COc1ccc2c(c1OC)COC(=Cc1cc[n+](Cc3ccccc3F)cc1)C2=O. The summed E-state index contributed by atoms with van der Waals surface area (Å²) in [6, 6.07) is 13.8. The summed E-state index contributed by atoms with van der Waals surface area (Å²) in [5, 5.41) is 0. The van der Waals surface area contributed by atoms with Gasteiger partial charge >= 0.3 is 0 Å². The Kier molecular flexibility index (Phi) is 5.48. The highest BCUT2D eigenvalue weighted by Gasteiger charge is 2.28. The van der Waals surface area contributed by atoms with Gasteiger partial charge in [-0.2, -0.15) is 0 Å². The highest BCUT2D eigenvalue weighted by Crippen LogP contribution is 2.37. The molecule has 0 fully saturated rings. The predicted molar refractivity (Wildman–Crippen MR) is 109 cm³/mol. The first-order valence-corrected chi connectivity index (χ1v) is 9.46. The third-order valence-corrected chi connectivity index (χ3v) is 5.01. The molecule has 1 aliphatic rings. The summed E-state index contributed by atoms with van der Waals surface area (Å²) in [5.41, 5.74) is 2.64. The molecule has 0 atom stereocenters. The molecule has 0 unspecified atom stereocenters. The van der Waals surface area contributed by atoms with Gasteiger partial charge in [-0.3, -0.25) is 4.79 Å². The number of aromatic nitrogens is 1. The van der Waals surface area contributed by atoms with Gasteiger partial charge in [0.05, 0.1) is 19.8 Å². The molecule has 152 valence electrons. The van der Waals surface area contributed by atoms with Gasteiger partial charge in [-0.15, -0.1) is 0 Å². The number of ether oxygens (including phenoxy) is 3. The second-order valence-electron chi connectivity index (χ2n) is 6.85. The predicted octanol–water partition coefficient (Wildman–Crippen LogP) is 3.93. The van der Waals surface area contributed by atoms with Crippen LogP contribution in [-0.2, 0) is 17.9 Å². The first kappa shape index (κ1) is 19.6. The molecule has 2 heterocycles. The van der Waals surface area contributed by atoms with Crippen molar-refractivity contribution < 1.29 is 28.0 Å². The van der Waals surface area contributed by atoms with E-state index in [4.69, 9.17) is 14.2 Å². The lowest BCUT2D eigenvalue weighted by molar-refractivity contribution is -0.688. The molecule has 0 spiro atoms. The van der Waals surface area contributed by atoms with E-state index in [1.807, 2.05) is 35.2 Å². The number of nitrogens with zero attached hydrogens (tertiary/aromatic N) is 1. The fourth-order valence-electron chi connectivity index (χ4n) is 3.45. The van der Waals surface area contributed by atoms with Crippen LogP contribution in [-0.4, -0.2) is 20.0 Å². The van der Waals surface area contributed by atoms with Gasteiger partial charge < -0.3 is 14.2 Å². The number of benzene rings is 2. The summed E-state index contributed by atoms with van der Waals surface area (Å²) in [6.07, 6.45) is 5.39. The topological polar surface area (TPSA) is 48.6 Å². The molecule has 1 aliphatic heterocycles. The minimum Gasteiger partial charge on any atom is -0.493 e. The average Bonchev–Trinajstić information content (AvgIpc) is 2.77. The van der Waals surface area contributed by atoms with Crippen molar-refractivity contribution in [3.05, 3.63) is 94.8 Å². The minimum atomic E-state index is -0.233. The Bertz CT molecular complexity index is 1120. The minimum absolute atomic E-state index is 0.208. The molecule has 30 heavy (non-hydrogen) atoms. The molecule has 3 aromatic rings. The van der Waals surface area contributed by atoms with Crippen LogP contribution in [0.3, 0.4) is 0 Å². The number of hydrogen-bond acceptors (Lipinski definition) is 4. The number of hydrogen-bond donors (Lipinski definition) is 0. The fourth-order valence-corrected chi connectivity index (χ4v) is 3.45. The van der Waals surface area contributed by atoms with E-state index in [-0.39, 0.29) is 24.0 Å². The third-order valence-electron chi connectivity index (χ3n) is 5.01. The van der Waals surface area contributed by atoms with Crippen LogP contribution >= 0.6 is 0 Å². The Hall–Kier alpha value is -3.67. The van der Waals surface area contributed by atoms with Crippen molar-refractivity contribution in [3.8, 4) is 11.5 Å². The zero-order chi connectivity index (χ0) is 21.1. The van der Waals surface area contributed by atoms with E-state index in [2.05, 4.69) is 0 Å². The maximum Gasteiger partial charge on any atom is 0.228 e. The second-order valence-corrected chi connectivity index (χ2v) is 6.85. The monoisotopic (exact) mass is 406 g/mol. The van der Waals surface area contributed by atoms with Crippen molar-refractivity contribution in [2.24, 2.45) is 0 Å². The molecule has 0 bridgehead atoms. The van der Waals surface area contributed by atoms with Gasteiger partial charge in [-0.25, -0.2) is 8.96 Å². The van der Waals surface area contributed by atoms with E-state index >= 15 is 0 Å². The summed E-state index contributed by atoms with van der Waals surface area (Å²) in [6.45, 7) is 0.640. The van der Waals surface area contributed by atoms with Gasteiger partial charge in [0.15, 0.2) is 36.2 Å². The normalized spacial score (nSPS) is 14.2. The van der Waals surface area contributed by atoms with E-state index in [1.165, 1.54) is 13.2 Å². The standard InChI is InChI=1S/C24H21FNO4/c1-28-21-8-7-18-19(24(21)29-2)15-30-22(23(18)27)13-16-9-11-26(12-10-16)14-17-5-3-4-6-20(17)25/h3-13H,14-15H2,1-2H3/q+1. The third kappa shape index (κ3) is 3.76. The zero-order valence-corrected chi connectivity index (χ0v) is 16.7. The molecule has 0 radical (unpaired) electrons. The van der Waals surface area contributed by atoms with Gasteiger partial charge in [0.1, 0.15) is 12.4 Å². The maximum absolute atomic E-state index is 13.8. The molecule has 0 N–H and O–H groups in total. The van der Waals surface area contributed by atoms with E-state index in [9.17, 15) is 9.18 Å². The maximum atomic E-state index is 13.8. The number of Topliss-reactive ketones (excluding diaryl/α,β-unsaturated/α-hetero) is 1. The molecule has 0 aliphatic carbocycles. The summed E-state index contributed by atoms with van der Waals surface area (Å²) in [4.78, 5) is 12.9. The van der Waals surface area contributed by atoms with Crippen molar-refractivity contribution in [3.63, 3.8) is 0 Å². The van der Waals surface area contributed by atoms with Gasteiger partial charge in [0, 0.05) is 23.3 Å². The van der Waals surface area contributed by atoms with Gasteiger partial charge in [0.2, 0.25) is 5.78 Å². The van der Waals surface area contributed by atoms with Crippen LogP contribution in [0.25, 0.3) is 6.08 Å². The number of pyridine rings is 1. The van der Waals surface area contributed by atoms with Crippen LogP contribution in [0.4, 0.5) is 4.39 Å². The number of carbonyl (C=O) groups is 1.